The summed E-state index contributed by atoms with van der Waals surface area (Å²) in [6, 6.07) is 0. The van der Waals surface area contributed by atoms with Crippen molar-refractivity contribution in [1.82, 2.24) is 14.5 Å². The Hall–Kier alpha value is -1.36. The van der Waals surface area contributed by atoms with Crippen LogP contribution in [0.25, 0.3) is 0 Å². The Balaban J connectivity index is 2.08. The van der Waals surface area contributed by atoms with Gasteiger partial charge in [-0.2, -0.15) is 0 Å². The molecular weight excluding hydrogens is 182 g/mol. The molecule has 2 heterocycles. The molecule has 14 heavy (non-hydrogen) atoms. The van der Waals surface area contributed by atoms with E-state index in [1.807, 2.05) is 0 Å². The number of nitrogens with zero attached hydrogens (tertiary/aromatic N) is 3. The molecule has 0 saturated carbocycles. The molecule has 0 unspecified atom stereocenters. The molecule has 0 aliphatic carbocycles. The van der Waals surface area contributed by atoms with E-state index in [0.717, 1.165) is 0 Å². The Bertz CT molecular complexity index is 362. The summed E-state index contributed by atoms with van der Waals surface area (Å²) in [7, 11) is 1.78. The van der Waals surface area contributed by atoms with Gasteiger partial charge in [-0.3, -0.25) is 4.79 Å². The summed E-state index contributed by atoms with van der Waals surface area (Å²) in [4.78, 5) is 17.2. The largest absolute Gasteiger partial charge is 0.386 e. The van der Waals surface area contributed by atoms with Crippen LogP contribution in [0.15, 0.2) is 12.5 Å². The first-order valence-corrected chi connectivity index (χ1v) is 4.47. The number of β-amino-alcohol motifs (C(OH)–C–C–N with tert-alkyl or cyclic N) is 1. The molecule has 1 N–H and O–H groups in total. The second-order valence-corrected chi connectivity index (χ2v) is 4.05. The van der Waals surface area contributed by atoms with Crippen LogP contribution in [-0.2, 0) is 7.05 Å². The molecule has 1 amide bonds. The van der Waals surface area contributed by atoms with E-state index in [9.17, 15) is 9.90 Å². The topological polar surface area (TPSA) is 58.4 Å². The van der Waals surface area contributed by atoms with Gasteiger partial charge in [0.1, 0.15) is 5.69 Å². The third-order valence-corrected chi connectivity index (χ3v) is 2.39. The van der Waals surface area contributed by atoms with Gasteiger partial charge in [0.2, 0.25) is 0 Å². The van der Waals surface area contributed by atoms with Crippen molar-refractivity contribution in [3.8, 4) is 0 Å². The zero-order valence-electron chi connectivity index (χ0n) is 8.27. The predicted molar refractivity (Wildman–Crippen MR) is 49.7 cm³/mol. The number of hydrogen-bond acceptors (Lipinski definition) is 3. The number of aromatic nitrogens is 2. The van der Waals surface area contributed by atoms with Crippen LogP contribution in [0.4, 0.5) is 0 Å². The molecule has 76 valence electrons. The van der Waals surface area contributed by atoms with Crippen molar-refractivity contribution in [3.63, 3.8) is 0 Å². The highest BCUT2D eigenvalue weighted by Crippen LogP contribution is 2.21. The van der Waals surface area contributed by atoms with Gasteiger partial charge in [0, 0.05) is 7.05 Å². The van der Waals surface area contributed by atoms with Gasteiger partial charge < -0.3 is 14.6 Å². The van der Waals surface area contributed by atoms with Crippen LogP contribution in [-0.4, -0.2) is 44.2 Å². The van der Waals surface area contributed by atoms with Crippen LogP contribution in [0.5, 0.6) is 0 Å². The molecule has 2 rings (SSSR count). The fraction of sp³-hybridized carbons (Fsp3) is 0.556. The van der Waals surface area contributed by atoms with Gasteiger partial charge in [-0.15, -0.1) is 0 Å². The molecule has 5 heteroatoms. The maximum absolute atomic E-state index is 11.8. The van der Waals surface area contributed by atoms with Crippen LogP contribution in [0.2, 0.25) is 0 Å². The average Bonchev–Trinajstić information content (AvgIpc) is 2.45. The second-order valence-electron chi connectivity index (χ2n) is 4.05. The summed E-state index contributed by atoms with van der Waals surface area (Å²) in [5.41, 5.74) is -0.158. The first-order valence-electron chi connectivity index (χ1n) is 4.47. The van der Waals surface area contributed by atoms with Crippen molar-refractivity contribution in [2.75, 3.05) is 13.1 Å². The summed E-state index contributed by atoms with van der Waals surface area (Å²) in [6.45, 7) is 2.52. The first-order chi connectivity index (χ1) is 6.49. The Morgan fingerprint density at radius 3 is 2.71 bits per heavy atom. The van der Waals surface area contributed by atoms with Crippen LogP contribution < -0.4 is 0 Å². The van der Waals surface area contributed by atoms with Gasteiger partial charge in [-0.25, -0.2) is 4.98 Å². The molecule has 0 bridgehead atoms. The number of aliphatic hydroxyl groups is 1. The minimum atomic E-state index is -0.714. The molecule has 0 spiro atoms. The fourth-order valence-corrected chi connectivity index (χ4v) is 1.64. The molecule has 1 aromatic heterocycles. The number of aryl methyl sites for hydroxylation is 1. The summed E-state index contributed by atoms with van der Waals surface area (Å²) in [6.07, 6.45) is 3.13. The van der Waals surface area contributed by atoms with E-state index in [1.165, 1.54) is 6.20 Å². The number of rotatable bonds is 1. The molecule has 5 nitrogen and oxygen atoms in total. The standard InChI is InChI=1S/C9H13N3O2/c1-9(14)4-12(5-9)8(13)7-3-10-6-11(7)2/h3,6,14H,4-5H2,1-2H3. The van der Waals surface area contributed by atoms with Crippen molar-refractivity contribution in [3.05, 3.63) is 18.2 Å². The highest BCUT2D eigenvalue weighted by atomic mass is 16.3. The molecule has 1 aromatic rings. The maximum atomic E-state index is 11.8. The highest BCUT2D eigenvalue weighted by Gasteiger charge is 2.40. The zero-order chi connectivity index (χ0) is 10.3. The lowest BCUT2D eigenvalue weighted by atomic mass is 9.97. The fourth-order valence-electron chi connectivity index (χ4n) is 1.64. The van der Waals surface area contributed by atoms with Gasteiger partial charge >= 0.3 is 0 Å². The molecule has 1 saturated heterocycles. The van der Waals surface area contributed by atoms with Crippen molar-refractivity contribution >= 4 is 5.91 Å². The quantitative estimate of drug-likeness (QED) is 0.665. The average molecular weight is 195 g/mol. The minimum absolute atomic E-state index is 0.0727. The molecule has 0 radical (unpaired) electrons. The maximum Gasteiger partial charge on any atom is 0.272 e. The summed E-state index contributed by atoms with van der Waals surface area (Å²) >= 11 is 0. The van der Waals surface area contributed by atoms with E-state index in [2.05, 4.69) is 4.98 Å². The molecular formula is C9H13N3O2. The number of imidazole rings is 1. The van der Waals surface area contributed by atoms with Crippen molar-refractivity contribution in [1.29, 1.82) is 0 Å². The Kier molecular flexibility index (Phi) is 1.85. The summed E-state index contributed by atoms with van der Waals surface area (Å²) < 4.78 is 1.68. The molecule has 1 aliphatic rings. The van der Waals surface area contributed by atoms with Crippen molar-refractivity contribution < 1.29 is 9.90 Å². The van der Waals surface area contributed by atoms with Gasteiger partial charge in [0.05, 0.1) is 31.2 Å². The van der Waals surface area contributed by atoms with Crippen molar-refractivity contribution in [2.45, 2.75) is 12.5 Å². The monoisotopic (exact) mass is 195 g/mol. The van der Waals surface area contributed by atoms with E-state index in [1.54, 1.807) is 29.8 Å². The summed E-state index contributed by atoms with van der Waals surface area (Å²) in [5.74, 6) is -0.0727. The van der Waals surface area contributed by atoms with Gasteiger partial charge in [0.15, 0.2) is 0 Å². The number of carbonyl (C=O) groups excluding carboxylic acids is 1. The Labute approximate surface area is 82.0 Å². The van der Waals surface area contributed by atoms with Crippen LogP contribution in [0.3, 0.4) is 0 Å². The SMILES string of the molecule is Cn1cncc1C(=O)N1CC(C)(O)C1. The minimum Gasteiger partial charge on any atom is -0.386 e. The predicted octanol–water partition coefficient (Wildman–Crippen LogP) is -0.373. The molecule has 1 aliphatic heterocycles. The zero-order valence-corrected chi connectivity index (χ0v) is 8.27. The number of amides is 1. The molecule has 1 fully saturated rings. The number of carbonyl (C=O) groups is 1. The van der Waals surface area contributed by atoms with Crippen LogP contribution in [0, 0.1) is 0 Å². The molecule has 0 atom stereocenters. The summed E-state index contributed by atoms with van der Waals surface area (Å²) in [5, 5.41) is 9.48. The van der Waals surface area contributed by atoms with E-state index in [-0.39, 0.29) is 5.91 Å². The Morgan fingerprint density at radius 1 is 1.64 bits per heavy atom. The highest BCUT2D eigenvalue weighted by molar-refractivity contribution is 5.93. The van der Waals surface area contributed by atoms with Gasteiger partial charge in [-0.05, 0) is 6.92 Å². The lowest BCUT2D eigenvalue weighted by molar-refractivity contribution is -0.0671. The van der Waals surface area contributed by atoms with E-state index in [0.29, 0.717) is 18.8 Å². The van der Waals surface area contributed by atoms with E-state index in [4.69, 9.17) is 0 Å². The van der Waals surface area contributed by atoms with Crippen molar-refractivity contribution in [2.24, 2.45) is 7.05 Å². The number of likely N-dealkylation sites (tertiary alicyclic amines) is 1. The second kappa shape index (κ2) is 2.81. The molecule has 0 aromatic carbocycles. The van der Waals surface area contributed by atoms with Crippen LogP contribution in [0.1, 0.15) is 17.4 Å². The lowest BCUT2D eigenvalue weighted by Crippen LogP contribution is -2.61. The third-order valence-electron chi connectivity index (χ3n) is 2.39. The Morgan fingerprint density at radius 2 is 2.29 bits per heavy atom. The number of hydrogen-bond donors (Lipinski definition) is 1. The van der Waals surface area contributed by atoms with Gasteiger partial charge in [0.25, 0.3) is 5.91 Å². The van der Waals surface area contributed by atoms with E-state index < -0.39 is 5.60 Å². The normalized spacial score (nSPS) is 19.2. The van der Waals surface area contributed by atoms with Crippen LogP contribution >= 0.6 is 0 Å². The first kappa shape index (κ1) is 9.21. The lowest BCUT2D eigenvalue weighted by Gasteiger charge is -2.43. The third kappa shape index (κ3) is 1.39. The smallest absolute Gasteiger partial charge is 0.272 e. The van der Waals surface area contributed by atoms with E-state index >= 15 is 0 Å². The van der Waals surface area contributed by atoms with Gasteiger partial charge in [-0.1, -0.05) is 0 Å².